The monoisotopic (exact) mass is 558 g/mol. The molecule has 1 aromatic heterocycles. The highest BCUT2D eigenvalue weighted by Crippen LogP contribution is 2.30. The largest absolute Gasteiger partial charge is 0.481 e. The van der Waals surface area contributed by atoms with E-state index in [1.807, 2.05) is 11.8 Å². The average molecular weight is 559 g/mol. The predicted octanol–water partition coefficient (Wildman–Crippen LogP) is 3.41. The summed E-state index contributed by atoms with van der Waals surface area (Å²) < 4.78 is 46.8. The molecule has 2 aliphatic rings. The zero-order valence-electron chi connectivity index (χ0n) is 21.9. The van der Waals surface area contributed by atoms with Crippen LogP contribution in [0.4, 0.5) is 21.6 Å². The lowest BCUT2D eigenvalue weighted by atomic mass is 9.99. The number of hydrogen-bond acceptors (Lipinski definition) is 8. The number of aromatic nitrogens is 2. The Morgan fingerprint density at radius 1 is 1.05 bits per heavy atom. The van der Waals surface area contributed by atoms with Crippen LogP contribution in [0.3, 0.4) is 0 Å². The molecule has 1 fully saturated rings. The number of amides is 1. The number of nitrogens with zero attached hydrogens (tertiary/aromatic N) is 5. The molecule has 0 bridgehead atoms. The number of carbonyl (C=O) groups is 1. The molecule has 0 spiro atoms. The molecule has 3 heterocycles. The van der Waals surface area contributed by atoms with Crippen LogP contribution in [0.15, 0.2) is 59.8 Å². The van der Waals surface area contributed by atoms with E-state index in [4.69, 9.17) is 4.74 Å². The van der Waals surface area contributed by atoms with Crippen LogP contribution in [0.25, 0.3) is 0 Å². The fourth-order valence-electron chi connectivity index (χ4n) is 5.12. The van der Waals surface area contributed by atoms with E-state index in [1.54, 1.807) is 36.4 Å². The van der Waals surface area contributed by atoms with Crippen molar-refractivity contribution in [3.8, 4) is 5.88 Å². The van der Waals surface area contributed by atoms with Gasteiger partial charge in [-0.2, -0.15) is 0 Å². The number of halogens is 1. The standard InChI is InChI=1S/C27H31FN6O4S.2H2/c1-19(34-11-3-4-20-16-21(28)5-10-24(20)34)27(35)33-14-12-32(13-15-33)22-6-8-23(9-7-22)39(36,37)31-25-17-26(38-2)30-18-29-25;;/h5-10,16-19H,3-4,11-15H2,1-2H3,(H,29,30,31);2*1H/t19-;;/m1../s1. The van der Waals surface area contributed by atoms with Crippen molar-refractivity contribution in [2.75, 3.05) is 54.4 Å². The third-order valence-electron chi connectivity index (χ3n) is 7.21. The molecular formula is C27H35FN6O4S. The number of sulfonamides is 1. The molecule has 3 aromatic rings. The molecule has 5 rings (SSSR count). The van der Waals surface area contributed by atoms with Gasteiger partial charge in [-0.3, -0.25) is 9.52 Å². The van der Waals surface area contributed by atoms with E-state index < -0.39 is 10.0 Å². The number of anilines is 3. The number of piperazine rings is 1. The number of aryl methyl sites for hydroxylation is 1. The molecule has 2 aliphatic heterocycles. The second-order valence-corrected chi connectivity index (χ2v) is 11.3. The third kappa shape index (κ3) is 5.75. The van der Waals surface area contributed by atoms with Crippen molar-refractivity contribution in [3.05, 3.63) is 66.2 Å². The molecule has 1 saturated heterocycles. The molecule has 1 atom stereocenters. The zero-order valence-corrected chi connectivity index (χ0v) is 22.7. The van der Waals surface area contributed by atoms with Gasteiger partial charge in [-0.1, -0.05) is 0 Å². The Labute approximate surface area is 230 Å². The number of methoxy groups -OCH3 is 1. The first-order valence-electron chi connectivity index (χ1n) is 12.8. The topological polar surface area (TPSA) is 108 Å². The molecule has 0 aliphatic carbocycles. The summed E-state index contributed by atoms with van der Waals surface area (Å²) in [6, 6.07) is 12.5. The van der Waals surface area contributed by atoms with Gasteiger partial charge in [0.05, 0.1) is 12.0 Å². The van der Waals surface area contributed by atoms with E-state index in [9.17, 15) is 17.6 Å². The Kier molecular flexibility index (Phi) is 7.56. The van der Waals surface area contributed by atoms with E-state index >= 15 is 0 Å². The van der Waals surface area contributed by atoms with Gasteiger partial charge in [0.25, 0.3) is 10.0 Å². The molecule has 39 heavy (non-hydrogen) atoms. The Morgan fingerprint density at radius 2 is 1.79 bits per heavy atom. The molecule has 0 radical (unpaired) electrons. The number of fused-ring (bicyclic) bond motifs is 1. The van der Waals surface area contributed by atoms with Gasteiger partial charge in [0.15, 0.2) is 0 Å². The summed E-state index contributed by atoms with van der Waals surface area (Å²) in [7, 11) is -2.41. The van der Waals surface area contributed by atoms with Crippen LogP contribution in [0, 0.1) is 5.82 Å². The maximum atomic E-state index is 13.7. The average Bonchev–Trinajstić information content (AvgIpc) is 2.96. The van der Waals surface area contributed by atoms with Gasteiger partial charge >= 0.3 is 0 Å². The Hall–Kier alpha value is -3.93. The van der Waals surface area contributed by atoms with Gasteiger partial charge < -0.3 is 19.4 Å². The van der Waals surface area contributed by atoms with E-state index in [0.29, 0.717) is 26.2 Å². The summed E-state index contributed by atoms with van der Waals surface area (Å²) in [5.41, 5.74) is 2.76. The highest BCUT2D eigenvalue weighted by Gasteiger charge is 2.31. The van der Waals surface area contributed by atoms with Gasteiger partial charge in [0.1, 0.15) is 24.0 Å². The second-order valence-electron chi connectivity index (χ2n) is 9.60. The summed E-state index contributed by atoms with van der Waals surface area (Å²) in [5.74, 6) is 0.169. The normalized spacial score (nSPS) is 16.4. The molecule has 12 heteroatoms. The van der Waals surface area contributed by atoms with E-state index in [2.05, 4.69) is 24.5 Å². The molecule has 10 nitrogen and oxygen atoms in total. The first-order valence-corrected chi connectivity index (χ1v) is 14.3. The van der Waals surface area contributed by atoms with Crippen molar-refractivity contribution in [1.82, 2.24) is 14.9 Å². The number of benzene rings is 2. The maximum Gasteiger partial charge on any atom is 0.263 e. The highest BCUT2D eigenvalue weighted by molar-refractivity contribution is 7.92. The zero-order chi connectivity index (χ0) is 27.6. The number of ether oxygens (including phenoxy) is 1. The van der Waals surface area contributed by atoms with Crippen LogP contribution >= 0.6 is 0 Å². The Balaban J connectivity index is 0.00000231. The van der Waals surface area contributed by atoms with E-state index in [1.165, 1.54) is 25.6 Å². The Morgan fingerprint density at radius 3 is 2.51 bits per heavy atom. The first-order chi connectivity index (χ1) is 18.7. The third-order valence-corrected chi connectivity index (χ3v) is 8.59. The number of nitrogens with one attached hydrogen (secondary N) is 1. The van der Waals surface area contributed by atoms with Gasteiger partial charge in [0, 0.05) is 53.0 Å². The van der Waals surface area contributed by atoms with Crippen LogP contribution in [0.2, 0.25) is 0 Å². The fourth-order valence-corrected chi connectivity index (χ4v) is 6.12. The molecule has 0 unspecified atom stereocenters. The predicted molar refractivity (Wildman–Crippen MR) is 150 cm³/mol. The molecule has 210 valence electrons. The lowest BCUT2D eigenvalue weighted by Crippen LogP contribution is -2.55. The molecular weight excluding hydrogens is 523 g/mol. The second kappa shape index (κ2) is 11.0. The lowest BCUT2D eigenvalue weighted by Gasteiger charge is -2.41. The minimum Gasteiger partial charge on any atom is -0.481 e. The first kappa shape index (κ1) is 26.7. The maximum absolute atomic E-state index is 13.7. The van der Waals surface area contributed by atoms with Gasteiger partial charge in [-0.25, -0.2) is 22.8 Å². The van der Waals surface area contributed by atoms with Crippen LogP contribution in [-0.2, 0) is 21.2 Å². The highest BCUT2D eigenvalue weighted by atomic mass is 32.2. The van der Waals surface area contributed by atoms with Crippen molar-refractivity contribution in [2.24, 2.45) is 0 Å². The number of carbonyl (C=O) groups excluding carboxylic acids is 1. The summed E-state index contributed by atoms with van der Waals surface area (Å²) in [4.78, 5) is 27.4. The smallest absolute Gasteiger partial charge is 0.263 e. The number of hydrogen-bond donors (Lipinski definition) is 1. The fraction of sp³-hybridized carbons (Fsp3) is 0.370. The van der Waals surface area contributed by atoms with Crippen molar-refractivity contribution >= 4 is 33.1 Å². The van der Waals surface area contributed by atoms with Crippen molar-refractivity contribution in [2.45, 2.75) is 30.7 Å². The van der Waals surface area contributed by atoms with Crippen molar-refractivity contribution in [1.29, 1.82) is 0 Å². The summed E-state index contributed by atoms with van der Waals surface area (Å²) >= 11 is 0. The molecule has 2 aromatic carbocycles. The van der Waals surface area contributed by atoms with Crippen LogP contribution in [0.1, 0.15) is 21.8 Å². The van der Waals surface area contributed by atoms with E-state index in [-0.39, 0.29) is 37.2 Å². The summed E-state index contributed by atoms with van der Waals surface area (Å²) in [5, 5.41) is 0. The van der Waals surface area contributed by atoms with Crippen molar-refractivity contribution < 1.29 is 25.2 Å². The minimum absolute atomic E-state index is 0. The Bertz CT molecular complexity index is 1460. The van der Waals surface area contributed by atoms with Gasteiger partial charge in [-0.15, -0.1) is 0 Å². The number of rotatable bonds is 7. The molecule has 1 amide bonds. The summed E-state index contributed by atoms with van der Waals surface area (Å²) in [6.45, 7) is 5.06. The van der Waals surface area contributed by atoms with Crippen LogP contribution < -0.4 is 19.3 Å². The quantitative estimate of drug-likeness (QED) is 0.470. The van der Waals surface area contributed by atoms with Gasteiger partial charge in [-0.05, 0) is 67.8 Å². The van der Waals surface area contributed by atoms with Crippen LogP contribution in [-0.4, -0.2) is 75.1 Å². The van der Waals surface area contributed by atoms with Crippen molar-refractivity contribution in [3.63, 3.8) is 0 Å². The minimum atomic E-state index is -3.84. The van der Waals surface area contributed by atoms with Crippen LogP contribution in [0.5, 0.6) is 5.88 Å². The lowest BCUT2D eigenvalue weighted by molar-refractivity contribution is -0.132. The molecule has 0 saturated carbocycles. The SMILES string of the molecule is COc1cc(NS(=O)(=O)c2ccc(N3CCN(C(=O)[C@@H](C)N4CCCc5cc(F)ccc54)CC3)cc2)ncn1.[HH].[HH]. The van der Waals surface area contributed by atoms with E-state index in [0.717, 1.165) is 36.3 Å². The van der Waals surface area contributed by atoms with Gasteiger partial charge in [0.2, 0.25) is 11.8 Å². The summed E-state index contributed by atoms with van der Waals surface area (Å²) in [6.07, 6.45) is 2.92. The molecule has 1 N–H and O–H groups in total.